The second kappa shape index (κ2) is 3.61. The normalized spacial score (nSPS) is 18.8. The summed E-state index contributed by atoms with van der Waals surface area (Å²) in [6.07, 6.45) is 5.86. The lowest BCUT2D eigenvalue weighted by atomic mass is 10.1. The number of fused-ring (bicyclic) bond motifs is 1. The molecule has 0 aliphatic heterocycles. The molecule has 1 saturated carbocycles. The maximum atomic E-state index is 10.9. The SMILES string of the molecule is O=C(O)Cc1c2c(nn1CC1CC1)CCC2. The van der Waals surface area contributed by atoms with Crippen molar-refractivity contribution < 1.29 is 9.90 Å². The number of hydrogen-bond donors (Lipinski definition) is 1. The van der Waals surface area contributed by atoms with Gasteiger partial charge in [0, 0.05) is 6.54 Å². The number of rotatable bonds is 4. The van der Waals surface area contributed by atoms with Crippen molar-refractivity contribution in [3.05, 3.63) is 17.0 Å². The van der Waals surface area contributed by atoms with Crippen LogP contribution in [0.1, 0.15) is 36.2 Å². The van der Waals surface area contributed by atoms with Gasteiger partial charge in [-0.05, 0) is 43.6 Å². The molecule has 4 nitrogen and oxygen atoms in total. The summed E-state index contributed by atoms with van der Waals surface area (Å²) in [5.74, 6) is -0.000724. The second-order valence-corrected chi connectivity index (χ2v) is 4.92. The molecular weight excluding hydrogens is 204 g/mol. The molecule has 86 valence electrons. The molecule has 0 aromatic carbocycles. The van der Waals surface area contributed by atoms with Crippen molar-refractivity contribution in [1.29, 1.82) is 0 Å². The van der Waals surface area contributed by atoms with Gasteiger partial charge in [0.2, 0.25) is 0 Å². The van der Waals surface area contributed by atoms with Crippen LogP contribution in [0.5, 0.6) is 0 Å². The maximum Gasteiger partial charge on any atom is 0.309 e. The first-order valence-electron chi connectivity index (χ1n) is 6.03. The zero-order valence-corrected chi connectivity index (χ0v) is 9.28. The van der Waals surface area contributed by atoms with E-state index < -0.39 is 5.97 Å². The minimum atomic E-state index is -0.744. The fourth-order valence-corrected chi connectivity index (χ4v) is 2.55. The number of hydrogen-bond acceptors (Lipinski definition) is 2. The Morgan fingerprint density at radius 1 is 1.44 bits per heavy atom. The van der Waals surface area contributed by atoms with Crippen LogP contribution in [0.15, 0.2) is 0 Å². The van der Waals surface area contributed by atoms with Gasteiger partial charge in [-0.15, -0.1) is 0 Å². The predicted octanol–water partition coefficient (Wildman–Crippen LogP) is 1.41. The number of aromatic nitrogens is 2. The Kier molecular flexibility index (Phi) is 2.23. The van der Waals surface area contributed by atoms with Gasteiger partial charge < -0.3 is 5.11 Å². The smallest absolute Gasteiger partial charge is 0.309 e. The summed E-state index contributed by atoms with van der Waals surface area (Å²) in [6, 6.07) is 0. The average Bonchev–Trinajstić information content (AvgIpc) is 2.81. The van der Waals surface area contributed by atoms with Crippen molar-refractivity contribution >= 4 is 5.97 Å². The van der Waals surface area contributed by atoms with Crippen molar-refractivity contribution in [1.82, 2.24) is 9.78 Å². The molecule has 16 heavy (non-hydrogen) atoms. The summed E-state index contributed by atoms with van der Waals surface area (Å²) >= 11 is 0. The molecular formula is C12H16N2O2. The Balaban J connectivity index is 1.92. The van der Waals surface area contributed by atoms with E-state index in [2.05, 4.69) is 5.10 Å². The fraction of sp³-hybridized carbons (Fsp3) is 0.667. The van der Waals surface area contributed by atoms with Gasteiger partial charge in [-0.25, -0.2) is 0 Å². The molecule has 1 aromatic rings. The lowest BCUT2D eigenvalue weighted by Crippen LogP contribution is -2.12. The average molecular weight is 220 g/mol. The van der Waals surface area contributed by atoms with E-state index in [-0.39, 0.29) is 6.42 Å². The number of carboxylic acid groups (broad SMARTS) is 1. The van der Waals surface area contributed by atoms with E-state index in [1.54, 1.807) is 0 Å². The number of nitrogens with zero attached hydrogens (tertiary/aromatic N) is 2. The molecule has 0 saturated heterocycles. The van der Waals surface area contributed by atoms with Gasteiger partial charge in [0.25, 0.3) is 0 Å². The van der Waals surface area contributed by atoms with E-state index in [4.69, 9.17) is 5.11 Å². The quantitative estimate of drug-likeness (QED) is 0.834. The Hall–Kier alpha value is -1.32. The molecule has 1 heterocycles. The molecule has 4 heteroatoms. The lowest BCUT2D eigenvalue weighted by molar-refractivity contribution is -0.136. The van der Waals surface area contributed by atoms with Crippen LogP contribution in [0.25, 0.3) is 0 Å². The van der Waals surface area contributed by atoms with Crippen molar-refractivity contribution in [3.8, 4) is 0 Å². The van der Waals surface area contributed by atoms with Crippen molar-refractivity contribution in [2.45, 2.75) is 45.1 Å². The third-order valence-corrected chi connectivity index (χ3v) is 3.54. The van der Waals surface area contributed by atoms with Crippen LogP contribution in [0.2, 0.25) is 0 Å². The van der Waals surface area contributed by atoms with Gasteiger partial charge in [0.15, 0.2) is 0 Å². The van der Waals surface area contributed by atoms with Crippen molar-refractivity contribution in [2.24, 2.45) is 5.92 Å². The van der Waals surface area contributed by atoms with E-state index in [9.17, 15) is 4.79 Å². The van der Waals surface area contributed by atoms with Crippen LogP contribution >= 0.6 is 0 Å². The molecule has 0 amide bonds. The summed E-state index contributed by atoms with van der Waals surface area (Å²) in [7, 11) is 0. The van der Waals surface area contributed by atoms with E-state index >= 15 is 0 Å². The third kappa shape index (κ3) is 1.72. The van der Waals surface area contributed by atoms with Crippen LogP contribution in [-0.4, -0.2) is 20.9 Å². The van der Waals surface area contributed by atoms with Gasteiger partial charge in [-0.1, -0.05) is 0 Å². The molecule has 0 unspecified atom stereocenters. The van der Waals surface area contributed by atoms with Gasteiger partial charge >= 0.3 is 5.97 Å². The molecule has 0 bridgehead atoms. The first kappa shape index (κ1) is 9.87. The standard InChI is InChI=1S/C12H16N2O2/c15-12(16)6-11-9-2-1-3-10(9)13-14(11)7-8-4-5-8/h8H,1-7H2,(H,15,16). The summed E-state index contributed by atoms with van der Waals surface area (Å²) < 4.78 is 1.97. The van der Waals surface area contributed by atoms with Crippen molar-refractivity contribution in [2.75, 3.05) is 0 Å². The number of aliphatic carboxylic acids is 1. The van der Waals surface area contributed by atoms with E-state index in [1.165, 1.54) is 18.4 Å². The summed E-state index contributed by atoms with van der Waals surface area (Å²) in [5, 5.41) is 13.5. The molecule has 1 aromatic heterocycles. The molecule has 1 fully saturated rings. The Morgan fingerprint density at radius 2 is 2.25 bits per heavy atom. The monoisotopic (exact) mass is 220 g/mol. The van der Waals surface area contributed by atoms with Gasteiger partial charge in [0.1, 0.15) is 0 Å². The third-order valence-electron chi connectivity index (χ3n) is 3.54. The predicted molar refractivity (Wildman–Crippen MR) is 58.3 cm³/mol. The molecule has 0 spiro atoms. The topological polar surface area (TPSA) is 55.1 Å². The molecule has 0 radical (unpaired) electrons. The second-order valence-electron chi connectivity index (χ2n) is 4.92. The minimum Gasteiger partial charge on any atom is -0.481 e. The zero-order valence-electron chi connectivity index (χ0n) is 9.28. The Morgan fingerprint density at radius 3 is 2.94 bits per heavy atom. The van der Waals surface area contributed by atoms with Crippen LogP contribution in [0, 0.1) is 5.92 Å². The van der Waals surface area contributed by atoms with Crippen LogP contribution in [-0.2, 0) is 30.6 Å². The largest absolute Gasteiger partial charge is 0.481 e. The Labute approximate surface area is 94.3 Å². The number of carbonyl (C=O) groups is 1. The molecule has 0 atom stereocenters. The summed E-state index contributed by atoms with van der Waals surface area (Å²) in [4.78, 5) is 10.9. The van der Waals surface area contributed by atoms with Crippen molar-refractivity contribution in [3.63, 3.8) is 0 Å². The summed E-state index contributed by atoms with van der Waals surface area (Å²) in [6.45, 7) is 0.926. The van der Waals surface area contributed by atoms with Gasteiger partial charge in [-0.2, -0.15) is 5.10 Å². The number of carboxylic acids is 1. The molecule has 1 N–H and O–H groups in total. The highest BCUT2D eigenvalue weighted by molar-refractivity contribution is 5.70. The zero-order chi connectivity index (χ0) is 11.1. The fourth-order valence-electron chi connectivity index (χ4n) is 2.55. The van der Waals surface area contributed by atoms with Gasteiger partial charge in [-0.3, -0.25) is 9.48 Å². The van der Waals surface area contributed by atoms with Crippen LogP contribution in [0.3, 0.4) is 0 Å². The molecule has 2 aliphatic carbocycles. The maximum absolute atomic E-state index is 10.9. The highest BCUT2D eigenvalue weighted by Crippen LogP contribution is 2.33. The highest BCUT2D eigenvalue weighted by Gasteiger charge is 2.28. The Bertz CT molecular complexity index is 432. The molecule has 2 aliphatic rings. The van der Waals surface area contributed by atoms with E-state index in [0.717, 1.165) is 43.1 Å². The van der Waals surface area contributed by atoms with Crippen LogP contribution in [0.4, 0.5) is 0 Å². The first-order valence-corrected chi connectivity index (χ1v) is 6.03. The molecule has 3 rings (SSSR count). The van der Waals surface area contributed by atoms with E-state index in [1.807, 2.05) is 4.68 Å². The number of aryl methyl sites for hydroxylation is 1. The van der Waals surface area contributed by atoms with Crippen LogP contribution < -0.4 is 0 Å². The summed E-state index contributed by atoms with van der Waals surface area (Å²) in [5.41, 5.74) is 3.34. The minimum absolute atomic E-state index is 0.134. The highest BCUT2D eigenvalue weighted by atomic mass is 16.4. The lowest BCUT2D eigenvalue weighted by Gasteiger charge is -2.06. The van der Waals surface area contributed by atoms with Gasteiger partial charge in [0.05, 0.1) is 17.8 Å². The first-order chi connectivity index (χ1) is 7.74. The van der Waals surface area contributed by atoms with E-state index in [0.29, 0.717) is 0 Å².